The van der Waals surface area contributed by atoms with E-state index in [0.717, 1.165) is 6.42 Å². The molecule has 0 fully saturated rings. The van der Waals surface area contributed by atoms with Crippen LogP contribution >= 0.6 is 12.2 Å². The summed E-state index contributed by atoms with van der Waals surface area (Å²) in [5.74, 6) is 1.04. The van der Waals surface area contributed by atoms with Crippen LogP contribution in [0.1, 0.15) is 36.7 Å². The molecule has 0 saturated carbocycles. The molecule has 7 nitrogen and oxygen atoms in total. The average molecular weight is 432 g/mol. The summed E-state index contributed by atoms with van der Waals surface area (Å²) < 4.78 is 16.9. The number of hydrogen-bond acceptors (Lipinski definition) is 5. The second-order valence-corrected chi connectivity index (χ2v) is 6.58. The number of ether oxygens (including phenoxy) is 3. The van der Waals surface area contributed by atoms with Crippen LogP contribution in [0, 0.1) is 0 Å². The van der Waals surface area contributed by atoms with E-state index in [1.54, 1.807) is 12.1 Å². The number of amides is 1. The molecule has 0 aliphatic rings. The summed E-state index contributed by atoms with van der Waals surface area (Å²) in [5.41, 5.74) is 6.88. The lowest BCUT2D eigenvalue weighted by Crippen LogP contribution is -2.47. The molecular weight excluding hydrogens is 402 g/mol. The second-order valence-electron chi connectivity index (χ2n) is 6.17. The monoisotopic (exact) mass is 431 g/mol. The van der Waals surface area contributed by atoms with Crippen LogP contribution in [0.4, 0.5) is 0 Å². The zero-order valence-corrected chi connectivity index (χ0v) is 18.4. The Morgan fingerprint density at radius 2 is 1.50 bits per heavy atom. The van der Waals surface area contributed by atoms with Crippen LogP contribution in [0.15, 0.2) is 42.5 Å². The van der Waals surface area contributed by atoms with Gasteiger partial charge >= 0.3 is 0 Å². The normalized spacial score (nSPS) is 10.1. The van der Waals surface area contributed by atoms with Crippen molar-refractivity contribution in [3.63, 3.8) is 0 Å². The van der Waals surface area contributed by atoms with E-state index in [1.165, 1.54) is 5.56 Å². The Labute approximate surface area is 183 Å². The minimum absolute atomic E-state index is 0.334. The lowest BCUT2D eigenvalue weighted by molar-refractivity contribution is 0.0942. The average Bonchev–Trinajstić information content (AvgIpc) is 2.75. The number of thiocarbonyl (C=S) groups is 1. The molecule has 0 atom stereocenters. The van der Waals surface area contributed by atoms with E-state index in [2.05, 4.69) is 28.3 Å². The standard InChI is InChI=1S/C22H29N3O4S/c1-4-27-18-14-17(15-19(28-5-2)20(18)29-6-3)21(26)24-25-22(30)23-13-12-16-10-8-7-9-11-16/h7-11,14-15H,4-6,12-13H2,1-3H3,(H,24,26)(H2,23,25,30). The fraction of sp³-hybridized carbons (Fsp3) is 0.364. The zero-order valence-electron chi connectivity index (χ0n) is 17.6. The van der Waals surface area contributed by atoms with Crippen LogP contribution in [0.25, 0.3) is 0 Å². The third-order valence-electron chi connectivity index (χ3n) is 4.00. The van der Waals surface area contributed by atoms with Gasteiger partial charge in [-0.05, 0) is 57.1 Å². The van der Waals surface area contributed by atoms with Crippen molar-refractivity contribution < 1.29 is 19.0 Å². The van der Waals surface area contributed by atoms with E-state index in [4.69, 9.17) is 26.4 Å². The highest BCUT2D eigenvalue weighted by Crippen LogP contribution is 2.39. The first-order valence-corrected chi connectivity index (χ1v) is 10.4. The molecule has 8 heteroatoms. The van der Waals surface area contributed by atoms with Crippen LogP contribution in [0.2, 0.25) is 0 Å². The van der Waals surface area contributed by atoms with Gasteiger partial charge in [0.05, 0.1) is 19.8 Å². The van der Waals surface area contributed by atoms with Crippen molar-refractivity contribution in [2.75, 3.05) is 26.4 Å². The number of hydrogen-bond donors (Lipinski definition) is 3. The topological polar surface area (TPSA) is 80.9 Å². The van der Waals surface area contributed by atoms with Crippen LogP contribution in [0.3, 0.4) is 0 Å². The fourth-order valence-electron chi connectivity index (χ4n) is 2.71. The van der Waals surface area contributed by atoms with Crippen molar-refractivity contribution in [3.8, 4) is 17.2 Å². The maximum Gasteiger partial charge on any atom is 0.269 e. The summed E-state index contributed by atoms with van der Waals surface area (Å²) in [4.78, 5) is 12.6. The van der Waals surface area contributed by atoms with Gasteiger partial charge in [0.15, 0.2) is 16.6 Å². The molecule has 0 unspecified atom stereocenters. The maximum atomic E-state index is 12.6. The zero-order chi connectivity index (χ0) is 21.8. The summed E-state index contributed by atoms with van der Waals surface area (Å²) in [7, 11) is 0. The van der Waals surface area contributed by atoms with Gasteiger partial charge in [0, 0.05) is 12.1 Å². The third-order valence-corrected chi connectivity index (χ3v) is 4.25. The van der Waals surface area contributed by atoms with E-state index >= 15 is 0 Å². The Bertz CT molecular complexity index is 803. The predicted octanol–water partition coefficient (Wildman–Crippen LogP) is 3.23. The van der Waals surface area contributed by atoms with E-state index in [1.807, 2.05) is 39.0 Å². The molecule has 0 spiro atoms. The molecule has 30 heavy (non-hydrogen) atoms. The molecule has 3 N–H and O–H groups in total. The van der Waals surface area contributed by atoms with Gasteiger partial charge in [0.25, 0.3) is 5.91 Å². The molecule has 0 aliphatic heterocycles. The Morgan fingerprint density at radius 1 is 0.900 bits per heavy atom. The van der Waals surface area contributed by atoms with Gasteiger partial charge in [0.1, 0.15) is 0 Å². The molecule has 2 aromatic rings. The SMILES string of the molecule is CCOc1cc(C(=O)NNC(=S)NCCc2ccccc2)cc(OCC)c1OCC. The van der Waals surface area contributed by atoms with Gasteiger partial charge in [-0.2, -0.15) is 0 Å². The Hall–Kier alpha value is -3.00. The third kappa shape index (κ3) is 7.11. The minimum Gasteiger partial charge on any atom is -0.490 e. The van der Waals surface area contributed by atoms with Gasteiger partial charge in [-0.15, -0.1) is 0 Å². The van der Waals surface area contributed by atoms with Crippen LogP contribution in [-0.2, 0) is 6.42 Å². The van der Waals surface area contributed by atoms with Crippen molar-refractivity contribution in [3.05, 3.63) is 53.6 Å². The van der Waals surface area contributed by atoms with Crippen molar-refractivity contribution in [1.29, 1.82) is 0 Å². The highest BCUT2D eigenvalue weighted by atomic mass is 32.1. The lowest BCUT2D eigenvalue weighted by atomic mass is 10.1. The fourth-order valence-corrected chi connectivity index (χ4v) is 2.87. The molecule has 0 bridgehead atoms. The first-order chi connectivity index (χ1) is 14.6. The molecular formula is C22H29N3O4S. The Morgan fingerprint density at radius 3 is 2.07 bits per heavy atom. The number of nitrogens with one attached hydrogen (secondary N) is 3. The van der Waals surface area contributed by atoms with Crippen LogP contribution in [-0.4, -0.2) is 37.4 Å². The molecule has 0 aromatic heterocycles. The summed E-state index contributed by atoms with van der Waals surface area (Å²) in [6.45, 7) is 7.58. The van der Waals surface area contributed by atoms with Gasteiger partial charge in [-0.3, -0.25) is 15.6 Å². The van der Waals surface area contributed by atoms with Gasteiger partial charge < -0.3 is 19.5 Å². The van der Waals surface area contributed by atoms with Crippen LogP contribution in [0.5, 0.6) is 17.2 Å². The molecule has 1 amide bonds. The largest absolute Gasteiger partial charge is 0.490 e. The number of hydrazine groups is 1. The molecule has 0 radical (unpaired) electrons. The predicted molar refractivity (Wildman–Crippen MR) is 121 cm³/mol. The summed E-state index contributed by atoms with van der Waals surface area (Å²) in [6.07, 6.45) is 0.824. The number of benzene rings is 2. The van der Waals surface area contributed by atoms with Gasteiger partial charge in [0.2, 0.25) is 5.75 Å². The summed E-state index contributed by atoms with van der Waals surface area (Å²) in [5, 5.41) is 3.40. The van der Waals surface area contributed by atoms with E-state index in [0.29, 0.717) is 54.3 Å². The molecule has 2 aromatic carbocycles. The quantitative estimate of drug-likeness (QED) is 0.394. The van der Waals surface area contributed by atoms with Gasteiger partial charge in [-0.25, -0.2) is 0 Å². The summed E-state index contributed by atoms with van der Waals surface area (Å²) in [6, 6.07) is 13.3. The molecule has 2 rings (SSSR count). The first-order valence-electron chi connectivity index (χ1n) is 10.0. The van der Waals surface area contributed by atoms with Crippen LogP contribution < -0.4 is 30.4 Å². The second kappa shape index (κ2) is 12.5. The molecule has 0 saturated heterocycles. The van der Waals surface area contributed by atoms with E-state index in [9.17, 15) is 4.79 Å². The van der Waals surface area contributed by atoms with Crippen molar-refractivity contribution >= 4 is 23.2 Å². The minimum atomic E-state index is -0.368. The van der Waals surface area contributed by atoms with Crippen molar-refractivity contribution in [1.82, 2.24) is 16.2 Å². The Balaban J connectivity index is 1.96. The number of carbonyl (C=O) groups is 1. The summed E-state index contributed by atoms with van der Waals surface area (Å²) >= 11 is 5.22. The van der Waals surface area contributed by atoms with Gasteiger partial charge in [-0.1, -0.05) is 30.3 Å². The van der Waals surface area contributed by atoms with Crippen molar-refractivity contribution in [2.24, 2.45) is 0 Å². The van der Waals surface area contributed by atoms with E-state index < -0.39 is 0 Å². The lowest BCUT2D eigenvalue weighted by Gasteiger charge is -2.17. The molecule has 0 aliphatic carbocycles. The Kier molecular flexibility index (Phi) is 9.73. The molecule has 0 heterocycles. The maximum absolute atomic E-state index is 12.6. The first kappa shape index (κ1) is 23.3. The number of carbonyl (C=O) groups excluding carboxylic acids is 1. The number of rotatable bonds is 10. The smallest absolute Gasteiger partial charge is 0.269 e. The highest BCUT2D eigenvalue weighted by molar-refractivity contribution is 7.80. The van der Waals surface area contributed by atoms with E-state index in [-0.39, 0.29) is 5.91 Å². The van der Waals surface area contributed by atoms with Crippen molar-refractivity contribution in [2.45, 2.75) is 27.2 Å². The highest BCUT2D eigenvalue weighted by Gasteiger charge is 2.18. The molecule has 162 valence electrons.